The van der Waals surface area contributed by atoms with Crippen molar-refractivity contribution in [3.8, 4) is 11.4 Å². The molecule has 1 amide bonds. The molecule has 1 saturated heterocycles. The van der Waals surface area contributed by atoms with Crippen molar-refractivity contribution in [3.05, 3.63) is 36.2 Å². The lowest BCUT2D eigenvalue weighted by molar-refractivity contribution is -0.141. The Morgan fingerprint density at radius 3 is 2.70 bits per heavy atom. The van der Waals surface area contributed by atoms with Gasteiger partial charge in [-0.15, -0.1) is 12.4 Å². The van der Waals surface area contributed by atoms with Crippen LogP contribution in [0.4, 0.5) is 0 Å². The fourth-order valence-electron chi connectivity index (χ4n) is 4.21. The molecular formula is C20H27ClN4O2. The lowest BCUT2D eigenvalue weighted by atomic mass is 9.84. The van der Waals surface area contributed by atoms with Crippen molar-refractivity contribution in [2.24, 2.45) is 11.7 Å². The van der Waals surface area contributed by atoms with Crippen molar-refractivity contribution >= 4 is 18.3 Å². The SMILES string of the molecule is Cl.NC1CCCC(C(=O)N2CCCCC2c2nc(-c3ccccc3)no2)C1. The predicted molar refractivity (Wildman–Crippen MR) is 105 cm³/mol. The van der Waals surface area contributed by atoms with E-state index in [4.69, 9.17) is 10.3 Å². The van der Waals surface area contributed by atoms with E-state index in [1.54, 1.807) is 0 Å². The fourth-order valence-corrected chi connectivity index (χ4v) is 4.21. The molecule has 2 heterocycles. The Hall–Kier alpha value is -1.92. The first-order chi connectivity index (χ1) is 12.7. The van der Waals surface area contributed by atoms with Gasteiger partial charge in [-0.3, -0.25) is 4.79 Å². The molecule has 2 aliphatic rings. The van der Waals surface area contributed by atoms with Gasteiger partial charge in [0.2, 0.25) is 17.6 Å². The zero-order valence-electron chi connectivity index (χ0n) is 15.4. The van der Waals surface area contributed by atoms with Crippen LogP contribution in [0.2, 0.25) is 0 Å². The smallest absolute Gasteiger partial charge is 0.249 e. The van der Waals surface area contributed by atoms with Gasteiger partial charge >= 0.3 is 0 Å². The van der Waals surface area contributed by atoms with Crippen LogP contribution in [0.5, 0.6) is 0 Å². The molecule has 7 heteroatoms. The van der Waals surface area contributed by atoms with E-state index in [1.165, 1.54) is 0 Å². The van der Waals surface area contributed by atoms with Gasteiger partial charge in [0.1, 0.15) is 6.04 Å². The lowest BCUT2D eigenvalue weighted by Crippen LogP contribution is -2.44. The topological polar surface area (TPSA) is 85.3 Å². The highest BCUT2D eigenvalue weighted by atomic mass is 35.5. The summed E-state index contributed by atoms with van der Waals surface area (Å²) < 4.78 is 5.57. The van der Waals surface area contributed by atoms with Crippen LogP contribution in [-0.2, 0) is 4.79 Å². The van der Waals surface area contributed by atoms with Crippen molar-refractivity contribution in [1.82, 2.24) is 15.0 Å². The number of benzene rings is 1. The van der Waals surface area contributed by atoms with Gasteiger partial charge in [0, 0.05) is 24.1 Å². The van der Waals surface area contributed by atoms with Gasteiger partial charge in [0.05, 0.1) is 0 Å². The third kappa shape index (κ3) is 4.33. The highest BCUT2D eigenvalue weighted by Crippen LogP contribution is 2.34. The van der Waals surface area contributed by atoms with Crippen molar-refractivity contribution in [3.63, 3.8) is 0 Å². The number of piperidine rings is 1. The second-order valence-corrected chi connectivity index (χ2v) is 7.49. The maximum absolute atomic E-state index is 13.1. The molecule has 1 saturated carbocycles. The largest absolute Gasteiger partial charge is 0.337 e. The molecule has 2 N–H and O–H groups in total. The first-order valence-corrected chi connectivity index (χ1v) is 9.67. The molecule has 1 aliphatic carbocycles. The molecular weight excluding hydrogens is 364 g/mol. The van der Waals surface area contributed by atoms with Crippen molar-refractivity contribution in [2.75, 3.05) is 6.54 Å². The number of aromatic nitrogens is 2. The van der Waals surface area contributed by atoms with E-state index in [1.807, 2.05) is 35.2 Å². The minimum atomic E-state index is -0.112. The fraction of sp³-hybridized carbons (Fsp3) is 0.550. The van der Waals surface area contributed by atoms with E-state index < -0.39 is 0 Å². The summed E-state index contributed by atoms with van der Waals surface area (Å²) in [4.78, 5) is 19.7. The van der Waals surface area contributed by atoms with Crippen LogP contribution in [0.1, 0.15) is 56.9 Å². The number of hydrogen-bond acceptors (Lipinski definition) is 5. The van der Waals surface area contributed by atoms with Gasteiger partial charge < -0.3 is 15.2 Å². The number of carbonyl (C=O) groups is 1. The molecule has 6 nitrogen and oxygen atoms in total. The molecule has 1 aromatic heterocycles. The highest BCUT2D eigenvalue weighted by molar-refractivity contribution is 5.85. The zero-order chi connectivity index (χ0) is 17.9. The Balaban J connectivity index is 0.00000210. The normalized spacial score (nSPS) is 25.7. The second-order valence-electron chi connectivity index (χ2n) is 7.49. The quantitative estimate of drug-likeness (QED) is 0.862. The van der Waals surface area contributed by atoms with E-state index in [-0.39, 0.29) is 36.3 Å². The molecule has 0 radical (unpaired) electrons. The van der Waals surface area contributed by atoms with Gasteiger partial charge in [-0.1, -0.05) is 41.9 Å². The van der Waals surface area contributed by atoms with E-state index in [0.29, 0.717) is 11.7 Å². The Labute approximate surface area is 165 Å². The number of hydrogen-bond donors (Lipinski definition) is 1. The Morgan fingerprint density at radius 1 is 1.11 bits per heavy atom. The number of likely N-dealkylation sites (tertiary alicyclic amines) is 1. The Morgan fingerprint density at radius 2 is 1.93 bits per heavy atom. The average molecular weight is 391 g/mol. The minimum Gasteiger partial charge on any atom is -0.337 e. The Bertz CT molecular complexity index is 751. The van der Waals surface area contributed by atoms with Crippen LogP contribution in [-0.4, -0.2) is 33.5 Å². The monoisotopic (exact) mass is 390 g/mol. The molecule has 4 rings (SSSR count). The van der Waals surface area contributed by atoms with Gasteiger partial charge in [-0.05, 0) is 38.5 Å². The standard InChI is InChI=1S/C20H26N4O2.ClH/c21-16-10-6-9-15(13-16)20(25)24-12-5-4-11-17(24)19-22-18(23-26-19)14-7-2-1-3-8-14;/h1-3,7-8,15-17H,4-6,9-13,21H2;1H. The third-order valence-electron chi connectivity index (χ3n) is 5.61. The summed E-state index contributed by atoms with van der Waals surface area (Å²) in [6.07, 6.45) is 6.77. The molecule has 0 spiro atoms. The second kappa shape index (κ2) is 8.85. The summed E-state index contributed by atoms with van der Waals surface area (Å²) in [6, 6.07) is 9.82. The molecule has 146 valence electrons. The molecule has 3 unspecified atom stereocenters. The molecule has 0 bridgehead atoms. The van der Waals surface area contributed by atoms with Gasteiger partial charge in [-0.25, -0.2) is 0 Å². The van der Waals surface area contributed by atoms with Crippen LogP contribution in [0.15, 0.2) is 34.9 Å². The van der Waals surface area contributed by atoms with Gasteiger partial charge in [-0.2, -0.15) is 4.98 Å². The van der Waals surface area contributed by atoms with E-state index in [9.17, 15) is 4.79 Å². The number of rotatable bonds is 3. The van der Waals surface area contributed by atoms with E-state index >= 15 is 0 Å². The van der Waals surface area contributed by atoms with Crippen LogP contribution in [0, 0.1) is 5.92 Å². The summed E-state index contributed by atoms with van der Waals surface area (Å²) in [7, 11) is 0. The molecule has 1 aromatic carbocycles. The van der Waals surface area contributed by atoms with Crippen LogP contribution in [0.25, 0.3) is 11.4 Å². The molecule has 3 atom stereocenters. The van der Waals surface area contributed by atoms with E-state index in [2.05, 4.69) is 10.1 Å². The van der Waals surface area contributed by atoms with Crippen molar-refractivity contribution in [1.29, 1.82) is 0 Å². The number of carbonyl (C=O) groups excluding carboxylic acids is 1. The lowest BCUT2D eigenvalue weighted by Gasteiger charge is -2.37. The first kappa shape index (κ1) is 19.8. The minimum absolute atomic E-state index is 0. The molecule has 1 aliphatic heterocycles. The third-order valence-corrected chi connectivity index (χ3v) is 5.61. The maximum atomic E-state index is 13.1. The average Bonchev–Trinajstić information content (AvgIpc) is 3.18. The zero-order valence-corrected chi connectivity index (χ0v) is 16.2. The molecule has 2 fully saturated rings. The summed E-state index contributed by atoms with van der Waals surface area (Å²) in [5, 5.41) is 4.14. The van der Waals surface area contributed by atoms with Crippen LogP contribution in [0.3, 0.4) is 0 Å². The van der Waals surface area contributed by atoms with Crippen molar-refractivity contribution in [2.45, 2.75) is 57.0 Å². The Kier molecular flexibility index (Phi) is 6.50. The first-order valence-electron chi connectivity index (χ1n) is 9.67. The van der Waals surface area contributed by atoms with Crippen LogP contribution < -0.4 is 5.73 Å². The van der Waals surface area contributed by atoms with E-state index in [0.717, 1.165) is 57.1 Å². The summed E-state index contributed by atoms with van der Waals surface area (Å²) >= 11 is 0. The van der Waals surface area contributed by atoms with Gasteiger partial charge in [0.25, 0.3) is 0 Å². The number of halogens is 1. The molecule has 27 heavy (non-hydrogen) atoms. The molecule has 2 aromatic rings. The number of amides is 1. The predicted octanol–water partition coefficient (Wildman–Crippen LogP) is 3.73. The number of nitrogens with two attached hydrogens (primary N) is 1. The van der Waals surface area contributed by atoms with Crippen molar-refractivity contribution < 1.29 is 9.32 Å². The number of nitrogens with zero attached hydrogens (tertiary/aromatic N) is 3. The maximum Gasteiger partial charge on any atom is 0.249 e. The summed E-state index contributed by atoms with van der Waals surface area (Å²) in [5.41, 5.74) is 7.02. The summed E-state index contributed by atoms with van der Waals surface area (Å²) in [6.45, 7) is 0.762. The highest BCUT2D eigenvalue weighted by Gasteiger charge is 2.36. The van der Waals surface area contributed by atoms with Crippen LogP contribution >= 0.6 is 12.4 Å². The van der Waals surface area contributed by atoms with Gasteiger partial charge in [0.15, 0.2) is 0 Å². The summed E-state index contributed by atoms with van der Waals surface area (Å²) in [5.74, 6) is 1.38.